The van der Waals surface area contributed by atoms with Gasteiger partial charge in [0.25, 0.3) is 0 Å². The number of nitrogens with zero attached hydrogens (tertiary/aromatic N) is 4. The Morgan fingerprint density at radius 3 is 2.95 bits per heavy atom. The molecule has 0 N–H and O–H groups in total. The predicted octanol–water partition coefficient (Wildman–Crippen LogP) is 3.46. The fourth-order valence-corrected chi connectivity index (χ4v) is 2.64. The molecule has 4 nitrogen and oxygen atoms in total. The van der Waals surface area contributed by atoms with Gasteiger partial charge in [-0.25, -0.2) is 9.67 Å². The van der Waals surface area contributed by atoms with Crippen LogP contribution in [0.15, 0.2) is 24.3 Å². The molecule has 2 aromatic heterocycles. The number of rotatable bonds is 2. The summed E-state index contributed by atoms with van der Waals surface area (Å²) in [6.07, 6.45) is 0.405. The van der Waals surface area contributed by atoms with Gasteiger partial charge in [-0.15, -0.1) is 0 Å². The summed E-state index contributed by atoms with van der Waals surface area (Å²) >= 11 is 6.47. The molecule has 0 aliphatic heterocycles. The molecule has 2 heterocycles. The molecule has 0 atom stereocenters. The smallest absolute Gasteiger partial charge is 0.160 e. The fraction of sp³-hybridized carbons (Fsp3) is 0.214. The van der Waals surface area contributed by atoms with Gasteiger partial charge in [-0.1, -0.05) is 29.8 Å². The third-order valence-electron chi connectivity index (χ3n) is 3.12. The van der Waals surface area contributed by atoms with Crippen LogP contribution < -0.4 is 0 Å². The highest BCUT2D eigenvalue weighted by Crippen LogP contribution is 2.32. The first-order valence-corrected chi connectivity index (χ1v) is 6.38. The van der Waals surface area contributed by atoms with Crippen LogP contribution in [0.25, 0.3) is 21.9 Å². The number of halogens is 1. The summed E-state index contributed by atoms with van der Waals surface area (Å²) in [7, 11) is 0. The van der Waals surface area contributed by atoms with E-state index in [0.717, 1.165) is 27.6 Å². The lowest BCUT2D eigenvalue weighted by molar-refractivity contribution is 0.638. The van der Waals surface area contributed by atoms with Crippen LogP contribution in [-0.4, -0.2) is 14.8 Å². The SMILES string of the molecule is Cc1nn(CCC#N)c2nc3ccccc3c(Cl)c12. The van der Waals surface area contributed by atoms with Gasteiger partial charge in [0.2, 0.25) is 0 Å². The van der Waals surface area contributed by atoms with E-state index < -0.39 is 0 Å². The number of fused-ring (bicyclic) bond motifs is 2. The molecule has 5 heteroatoms. The van der Waals surface area contributed by atoms with Crippen LogP contribution in [0.4, 0.5) is 0 Å². The van der Waals surface area contributed by atoms with Gasteiger partial charge in [-0.3, -0.25) is 0 Å². The van der Waals surface area contributed by atoms with Crippen molar-refractivity contribution in [2.75, 3.05) is 0 Å². The van der Waals surface area contributed by atoms with Crippen molar-refractivity contribution in [1.29, 1.82) is 5.26 Å². The fourth-order valence-electron chi connectivity index (χ4n) is 2.26. The lowest BCUT2D eigenvalue weighted by Gasteiger charge is -2.03. The van der Waals surface area contributed by atoms with Crippen molar-refractivity contribution in [3.8, 4) is 6.07 Å². The number of benzene rings is 1. The monoisotopic (exact) mass is 270 g/mol. The first-order chi connectivity index (χ1) is 9.22. The summed E-state index contributed by atoms with van der Waals surface area (Å²) in [6, 6.07) is 9.88. The molecule has 0 aliphatic carbocycles. The van der Waals surface area contributed by atoms with Gasteiger partial charge in [-0.05, 0) is 13.0 Å². The summed E-state index contributed by atoms with van der Waals surface area (Å²) < 4.78 is 1.76. The van der Waals surface area contributed by atoms with Crippen LogP contribution in [0, 0.1) is 18.3 Å². The first kappa shape index (κ1) is 11.9. The third-order valence-corrected chi connectivity index (χ3v) is 3.51. The Kier molecular flexibility index (Phi) is 2.84. The van der Waals surface area contributed by atoms with E-state index in [0.29, 0.717) is 18.0 Å². The Bertz CT molecular complexity index is 814. The standard InChI is InChI=1S/C14H11ClN4/c1-9-12-13(15)10-5-2-3-6-11(10)17-14(12)19(18-9)8-4-7-16/h2-3,5-6H,4,8H2,1H3. The zero-order chi connectivity index (χ0) is 13.4. The van der Waals surface area contributed by atoms with Crippen LogP contribution in [0.5, 0.6) is 0 Å². The highest BCUT2D eigenvalue weighted by molar-refractivity contribution is 6.40. The topological polar surface area (TPSA) is 54.5 Å². The van der Waals surface area contributed by atoms with Gasteiger partial charge in [0.05, 0.1) is 40.7 Å². The van der Waals surface area contributed by atoms with Gasteiger partial charge >= 0.3 is 0 Å². The number of nitriles is 1. The van der Waals surface area contributed by atoms with Crippen molar-refractivity contribution in [2.24, 2.45) is 0 Å². The first-order valence-electron chi connectivity index (χ1n) is 6.00. The molecule has 0 aliphatic rings. The molecule has 0 saturated heterocycles. The van der Waals surface area contributed by atoms with Gasteiger partial charge in [0.15, 0.2) is 5.65 Å². The van der Waals surface area contributed by atoms with Crippen LogP contribution in [0.3, 0.4) is 0 Å². The maximum absolute atomic E-state index is 8.70. The lowest BCUT2D eigenvalue weighted by Crippen LogP contribution is -2.00. The van der Waals surface area contributed by atoms with E-state index in [1.807, 2.05) is 31.2 Å². The Morgan fingerprint density at radius 2 is 2.16 bits per heavy atom. The van der Waals surface area contributed by atoms with Crippen molar-refractivity contribution in [1.82, 2.24) is 14.8 Å². The Morgan fingerprint density at radius 1 is 1.37 bits per heavy atom. The largest absolute Gasteiger partial charge is 0.246 e. The average Bonchev–Trinajstić information content (AvgIpc) is 2.73. The van der Waals surface area contributed by atoms with E-state index in [1.54, 1.807) is 4.68 Å². The third kappa shape index (κ3) is 1.83. The summed E-state index contributed by atoms with van der Waals surface area (Å²) in [5.74, 6) is 0. The highest BCUT2D eigenvalue weighted by Gasteiger charge is 2.15. The maximum Gasteiger partial charge on any atom is 0.160 e. The normalized spacial score (nSPS) is 11.0. The van der Waals surface area contributed by atoms with Crippen LogP contribution in [-0.2, 0) is 6.54 Å². The van der Waals surface area contributed by atoms with Crippen molar-refractivity contribution < 1.29 is 0 Å². The van der Waals surface area contributed by atoms with Crippen molar-refractivity contribution in [2.45, 2.75) is 19.9 Å². The van der Waals surface area contributed by atoms with Crippen LogP contribution in [0.1, 0.15) is 12.1 Å². The molecule has 3 aromatic rings. The minimum absolute atomic E-state index is 0.405. The minimum Gasteiger partial charge on any atom is -0.246 e. The van der Waals surface area contributed by atoms with Gasteiger partial charge in [0.1, 0.15) is 0 Å². The lowest BCUT2D eigenvalue weighted by atomic mass is 10.1. The van der Waals surface area contributed by atoms with E-state index in [-0.39, 0.29) is 0 Å². The van der Waals surface area contributed by atoms with Gasteiger partial charge < -0.3 is 0 Å². The summed E-state index contributed by atoms with van der Waals surface area (Å²) in [4.78, 5) is 4.62. The predicted molar refractivity (Wildman–Crippen MR) is 75.0 cm³/mol. The summed E-state index contributed by atoms with van der Waals surface area (Å²) in [5.41, 5.74) is 2.44. The Labute approximate surface area is 115 Å². The van der Waals surface area contributed by atoms with E-state index in [1.165, 1.54) is 0 Å². The molecule has 19 heavy (non-hydrogen) atoms. The number of aromatic nitrogens is 3. The van der Waals surface area contributed by atoms with Crippen LogP contribution >= 0.6 is 11.6 Å². The second-order valence-corrected chi connectivity index (χ2v) is 4.74. The van der Waals surface area contributed by atoms with Gasteiger partial charge in [-0.2, -0.15) is 10.4 Å². The zero-order valence-electron chi connectivity index (χ0n) is 10.4. The maximum atomic E-state index is 8.70. The number of hydrogen-bond acceptors (Lipinski definition) is 3. The van der Waals surface area contributed by atoms with Crippen molar-refractivity contribution in [3.05, 3.63) is 35.0 Å². The molecular weight excluding hydrogens is 260 g/mol. The molecule has 0 spiro atoms. The number of pyridine rings is 1. The zero-order valence-corrected chi connectivity index (χ0v) is 11.1. The molecule has 0 fully saturated rings. The van der Waals surface area contributed by atoms with Crippen LogP contribution in [0.2, 0.25) is 5.02 Å². The summed E-state index contributed by atoms with van der Waals surface area (Å²) in [5, 5.41) is 15.6. The molecule has 0 amide bonds. The minimum atomic E-state index is 0.405. The van der Waals surface area contributed by atoms with Crippen molar-refractivity contribution in [3.63, 3.8) is 0 Å². The van der Waals surface area contributed by atoms with Gasteiger partial charge in [0, 0.05) is 5.39 Å². The second kappa shape index (κ2) is 4.52. The Hall–Kier alpha value is -2.12. The highest BCUT2D eigenvalue weighted by atomic mass is 35.5. The van der Waals surface area contributed by atoms with E-state index in [2.05, 4.69) is 16.2 Å². The Balaban J connectivity index is 2.36. The number of para-hydroxylation sites is 1. The van der Waals surface area contributed by atoms with E-state index in [9.17, 15) is 0 Å². The molecule has 0 bridgehead atoms. The van der Waals surface area contributed by atoms with E-state index in [4.69, 9.17) is 16.9 Å². The number of hydrogen-bond donors (Lipinski definition) is 0. The molecule has 0 saturated carbocycles. The van der Waals surface area contributed by atoms with E-state index >= 15 is 0 Å². The molecule has 1 aromatic carbocycles. The average molecular weight is 271 g/mol. The number of aryl methyl sites for hydroxylation is 2. The second-order valence-electron chi connectivity index (χ2n) is 4.36. The summed E-state index contributed by atoms with van der Waals surface area (Å²) in [6.45, 7) is 2.44. The molecule has 0 radical (unpaired) electrons. The quantitative estimate of drug-likeness (QED) is 0.716. The molecule has 0 unspecified atom stereocenters. The van der Waals surface area contributed by atoms with Crippen molar-refractivity contribution >= 4 is 33.5 Å². The molecule has 3 rings (SSSR count). The molecule has 94 valence electrons. The molecular formula is C14H11ClN4.